The molecule has 4 aromatic rings. The molecule has 5 nitrogen and oxygen atoms in total. The molecule has 0 N–H and O–H groups in total. The summed E-state index contributed by atoms with van der Waals surface area (Å²) in [7, 11) is 0. The van der Waals surface area contributed by atoms with Crippen LogP contribution in [0.15, 0.2) is 82.0 Å². The van der Waals surface area contributed by atoms with Crippen LogP contribution in [-0.4, -0.2) is 5.97 Å². The second kappa shape index (κ2) is 10.3. The summed E-state index contributed by atoms with van der Waals surface area (Å²) in [6, 6.07) is 19.4. The van der Waals surface area contributed by atoms with Crippen molar-refractivity contribution in [2.45, 2.75) is 32.9 Å². The van der Waals surface area contributed by atoms with Gasteiger partial charge in [0, 0.05) is 6.07 Å². The van der Waals surface area contributed by atoms with Crippen LogP contribution in [0.1, 0.15) is 32.4 Å². The fourth-order valence-electron chi connectivity index (χ4n) is 3.78. The molecule has 0 radical (unpaired) electrons. The van der Waals surface area contributed by atoms with Crippen LogP contribution in [-0.2, 0) is 11.0 Å². The number of rotatable bonds is 7. The quantitative estimate of drug-likeness (QED) is 0.195. The van der Waals surface area contributed by atoms with Gasteiger partial charge in [0.05, 0.1) is 11.3 Å². The Morgan fingerprint density at radius 3 is 2.11 bits per heavy atom. The monoisotopic (exact) mass is 496 g/mol. The molecule has 0 bridgehead atoms. The van der Waals surface area contributed by atoms with Gasteiger partial charge in [-0.2, -0.15) is 13.2 Å². The molecule has 4 rings (SSSR count). The smallest absolute Gasteiger partial charge is 0.449 e. The van der Waals surface area contributed by atoms with Crippen LogP contribution in [0.3, 0.4) is 0 Å². The van der Waals surface area contributed by atoms with E-state index >= 15 is 0 Å². The molecular weight excluding hydrogens is 473 g/mol. The van der Waals surface area contributed by atoms with Crippen LogP contribution in [0.4, 0.5) is 13.2 Å². The van der Waals surface area contributed by atoms with E-state index in [2.05, 4.69) is 0 Å². The Morgan fingerprint density at radius 1 is 0.889 bits per heavy atom. The van der Waals surface area contributed by atoms with Gasteiger partial charge in [0.1, 0.15) is 17.1 Å². The highest BCUT2D eigenvalue weighted by molar-refractivity contribution is 5.82. The van der Waals surface area contributed by atoms with Crippen LogP contribution in [0.5, 0.6) is 17.2 Å². The predicted molar refractivity (Wildman–Crippen MR) is 129 cm³/mol. The third kappa shape index (κ3) is 5.27. The van der Waals surface area contributed by atoms with Crippen molar-refractivity contribution < 1.29 is 31.9 Å². The van der Waals surface area contributed by atoms with Gasteiger partial charge in [0.15, 0.2) is 0 Å². The average molecular weight is 496 g/mol. The first-order valence-corrected chi connectivity index (χ1v) is 11.4. The fraction of sp³-hybridized carbons (Fsp3) is 0.214. The lowest BCUT2D eigenvalue weighted by atomic mass is 10.0. The van der Waals surface area contributed by atoms with Crippen molar-refractivity contribution in [2.24, 2.45) is 5.92 Å². The third-order valence-electron chi connectivity index (χ3n) is 5.80. The first-order valence-electron chi connectivity index (χ1n) is 11.4. The minimum Gasteiger partial charge on any atom is -0.449 e. The van der Waals surface area contributed by atoms with Crippen LogP contribution >= 0.6 is 0 Å². The van der Waals surface area contributed by atoms with Gasteiger partial charge in [-0.05, 0) is 48.2 Å². The molecule has 0 saturated heterocycles. The molecule has 0 atom stereocenters. The highest BCUT2D eigenvalue weighted by Gasteiger charge is 2.40. The molecule has 0 aliphatic carbocycles. The number of fused-ring (bicyclic) bond motifs is 1. The van der Waals surface area contributed by atoms with Crippen molar-refractivity contribution in [3.05, 3.63) is 88.8 Å². The highest BCUT2D eigenvalue weighted by atomic mass is 19.4. The molecular formula is C28H23F3O5. The van der Waals surface area contributed by atoms with Gasteiger partial charge in [0.25, 0.3) is 5.76 Å². The molecule has 1 heterocycles. The summed E-state index contributed by atoms with van der Waals surface area (Å²) in [6.45, 7) is 3.67. The molecule has 0 saturated carbocycles. The Bertz CT molecular complexity index is 1420. The Labute approximate surface area is 205 Å². The van der Waals surface area contributed by atoms with Crippen molar-refractivity contribution in [3.8, 4) is 28.4 Å². The summed E-state index contributed by atoms with van der Waals surface area (Å²) >= 11 is 0. The van der Waals surface area contributed by atoms with Gasteiger partial charge in [-0.1, -0.05) is 56.3 Å². The number of carbonyl (C=O) groups is 1. The Balaban J connectivity index is 1.70. The molecule has 1 aromatic heterocycles. The zero-order valence-electron chi connectivity index (χ0n) is 19.6. The molecule has 0 fully saturated rings. The number of ether oxygens (including phenoxy) is 2. The third-order valence-corrected chi connectivity index (χ3v) is 5.80. The molecule has 0 amide bonds. The van der Waals surface area contributed by atoms with Crippen LogP contribution in [0, 0.1) is 5.92 Å². The lowest BCUT2D eigenvalue weighted by molar-refractivity contribution is -0.154. The summed E-state index contributed by atoms with van der Waals surface area (Å²) in [5.74, 6) is -3.36. The summed E-state index contributed by atoms with van der Waals surface area (Å²) in [5, 5.41) is -0.138. The van der Waals surface area contributed by atoms with E-state index in [-0.39, 0.29) is 28.4 Å². The number of halogens is 3. The normalized spacial score (nSPS) is 11.6. The minimum atomic E-state index is -5.01. The predicted octanol–water partition coefficient (Wildman–Crippen LogP) is 7.61. The fourth-order valence-corrected chi connectivity index (χ4v) is 3.78. The summed E-state index contributed by atoms with van der Waals surface area (Å²) in [6.07, 6.45) is -3.89. The van der Waals surface area contributed by atoms with Gasteiger partial charge < -0.3 is 13.9 Å². The van der Waals surface area contributed by atoms with Crippen molar-refractivity contribution in [1.29, 1.82) is 0 Å². The van der Waals surface area contributed by atoms with E-state index in [1.54, 1.807) is 12.1 Å². The summed E-state index contributed by atoms with van der Waals surface area (Å²) in [5.41, 5.74) is 0.397. The van der Waals surface area contributed by atoms with Crippen LogP contribution in [0.2, 0.25) is 0 Å². The lowest BCUT2D eigenvalue weighted by Gasteiger charge is -2.14. The van der Waals surface area contributed by atoms with E-state index in [1.165, 1.54) is 24.3 Å². The topological polar surface area (TPSA) is 65.7 Å². The number of alkyl halides is 3. The summed E-state index contributed by atoms with van der Waals surface area (Å²) < 4.78 is 57.4. The number of esters is 1. The summed E-state index contributed by atoms with van der Waals surface area (Å²) in [4.78, 5) is 25.3. The van der Waals surface area contributed by atoms with E-state index in [0.717, 1.165) is 17.2 Å². The first kappa shape index (κ1) is 25.0. The van der Waals surface area contributed by atoms with E-state index in [1.807, 2.05) is 44.2 Å². The number of hydrogen-bond acceptors (Lipinski definition) is 5. The van der Waals surface area contributed by atoms with Crippen LogP contribution in [0.25, 0.3) is 22.1 Å². The molecule has 36 heavy (non-hydrogen) atoms. The second-order valence-corrected chi connectivity index (χ2v) is 8.17. The molecule has 0 aliphatic rings. The average Bonchev–Trinajstić information content (AvgIpc) is 2.86. The van der Waals surface area contributed by atoms with E-state index in [0.29, 0.717) is 12.8 Å². The molecule has 0 unspecified atom stereocenters. The maximum absolute atomic E-state index is 13.9. The standard InChI is InChI=1S/C28H23F3O5/c1-3-17(4-2)27(33)35-21-14-15-22-23(16-21)36-26(28(29,30)31)25(24(22)32)34-20-12-10-19(11-13-20)18-8-6-5-7-9-18/h5-17H,3-4H2,1-2H3. The largest absolute Gasteiger partial charge is 0.453 e. The highest BCUT2D eigenvalue weighted by Crippen LogP contribution is 2.39. The van der Waals surface area contributed by atoms with Crippen LogP contribution < -0.4 is 14.9 Å². The Hall–Kier alpha value is -4.07. The number of hydrogen-bond donors (Lipinski definition) is 0. The Morgan fingerprint density at radius 2 is 1.50 bits per heavy atom. The van der Waals surface area contributed by atoms with Crippen molar-refractivity contribution in [1.82, 2.24) is 0 Å². The number of carbonyl (C=O) groups excluding carboxylic acids is 1. The van der Waals surface area contributed by atoms with Gasteiger partial charge in [-0.25, -0.2) is 0 Å². The van der Waals surface area contributed by atoms with E-state index in [9.17, 15) is 22.8 Å². The molecule has 0 spiro atoms. The molecule has 0 aliphatic heterocycles. The van der Waals surface area contributed by atoms with Gasteiger partial charge in [0.2, 0.25) is 11.2 Å². The maximum atomic E-state index is 13.9. The minimum absolute atomic E-state index is 0.0131. The van der Waals surface area contributed by atoms with E-state index < -0.39 is 29.1 Å². The second-order valence-electron chi connectivity index (χ2n) is 8.17. The lowest BCUT2D eigenvalue weighted by Crippen LogP contribution is -2.19. The zero-order valence-corrected chi connectivity index (χ0v) is 19.6. The molecule has 186 valence electrons. The van der Waals surface area contributed by atoms with Gasteiger partial charge in [-0.15, -0.1) is 0 Å². The zero-order chi connectivity index (χ0) is 25.9. The number of benzene rings is 3. The van der Waals surface area contributed by atoms with Crippen molar-refractivity contribution in [3.63, 3.8) is 0 Å². The SMILES string of the molecule is CCC(CC)C(=O)Oc1ccc2c(=O)c(Oc3ccc(-c4ccccc4)cc3)c(C(F)(F)F)oc2c1. The van der Waals surface area contributed by atoms with Crippen molar-refractivity contribution in [2.75, 3.05) is 0 Å². The van der Waals surface area contributed by atoms with Gasteiger partial charge in [-0.3, -0.25) is 9.59 Å². The first-order chi connectivity index (χ1) is 17.2. The van der Waals surface area contributed by atoms with Crippen molar-refractivity contribution >= 4 is 16.9 Å². The van der Waals surface area contributed by atoms with E-state index in [4.69, 9.17) is 13.9 Å². The Kier molecular flexibility index (Phi) is 7.15. The molecule has 3 aromatic carbocycles. The maximum Gasteiger partial charge on any atom is 0.453 e. The van der Waals surface area contributed by atoms with Gasteiger partial charge >= 0.3 is 12.1 Å². The molecule has 8 heteroatoms.